The van der Waals surface area contributed by atoms with E-state index in [0.717, 1.165) is 25.0 Å². The zero-order valence-electron chi connectivity index (χ0n) is 15.9. The predicted molar refractivity (Wildman–Crippen MR) is 109 cm³/mol. The summed E-state index contributed by atoms with van der Waals surface area (Å²) in [5.41, 5.74) is 1.59. The first-order chi connectivity index (χ1) is 13.7. The van der Waals surface area contributed by atoms with Crippen LogP contribution in [0.25, 0.3) is 0 Å². The van der Waals surface area contributed by atoms with Crippen molar-refractivity contribution in [3.63, 3.8) is 0 Å². The highest BCUT2D eigenvalue weighted by Crippen LogP contribution is 2.32. The van der Waals surface area contributed by atoms with E-state index in [-0.39, 0.29) is 12.5 Å². The minimum absolute atomic E-state index is 0.149. The van der Waals surface area contributed by atoms with Gasteiger partial charge in [0.05, 0.1) is 23.9 Å². The molecule has 3 rings (SSSR count). The van der Waals surface area contributed by atoms with Crippen LogP contribution in [0.4, 0.5) is 5.13 Å². The highest BCUT2D eigenvalue weighted by atomic mass is 32.1. The fourth-order valence-corrected chi connectivity index (χ4v) is 4.23. The lowest BCUT2D eigenvalue weighted by molar-refractivity contribution is -0.120. The second-order valence-electron chi connectivity index (χ2n) is 6.36. The molecule has 1 amide bonds. The molecule has 6 nitrogen and oxygen atoms in total. The van der Waals surface area contributed by atoms with Gasteiger partial charge in [-0.2, -0.15) is 5.26 Å². The van der Waals surface area contributed by atoms with Crippen molar-refractivity contribution in [1.82, 2.24) is 4.98 Å². The molecule has 0 atom stereocenters. The van der Waals surface area contributed by atoms with Crippen molar-refractivity contribution >= 4 is 22.4 Å². The number of carbonyl (C=O) groups excluding carboxylic acids is 1. The number of hydrogen-bond acceptors (Lipinski definition) is 6. The number of aryl methyl sites for hydroxylation is 2. The van der Waals surface area contributed by atoms with Gasteiger partial charge < -0.3 is 9.47 Å². The molecule has 0 saturated heterocycles. The Hall–Kier alpha value is -2.85. The maximum Gasteiger partial charge on any atom is 0.266 e. The van der Waals surface area contributed by atoms with Gasteiger partial charge in [-0.1, -0.05) is 6.08 Å². The molecule has 0 spiro atoms. The summed E-state index contributed by atoms with van der Waals surface area (Å²) in [6.07, 6.45) is 6.01. The smallest absolute Gasteiger partial charge is 0.266 e. The number of carbonyl (C=O) groups is 1. The Balaban J connectivity index is 1.74. The first kappa shape index (κ1) is 19.9. The fourth-order valence-electron chi connectivity index (χ4n) is 3.05. The van der Waals surface area contributed by atoms with E-state index in [0.29, 0.717) is 35.3 Å². The molecule has 0 saturated carbocycles. The van der Waals surface area contributed by atoms with E-state index in [1.807, 2.05) is 6.92 Å². The van der Waals surface area contributed by atoms with Gasteiger partial charge in [0, 0.05) is 17.5 Å². The summed E-state index contributed by atoms with van der Waals surface area (Å²) in [5.74, 6) is 0.693. The summed E-state index contributed by atoms with van der Waals surface area (Å²) in [5, 5.41) is 9.74. The topological polar surface area (TPSA) is 75.5 Å². The van der Waals surface area contributed by atoms with Gasteiger partial charge in [-0.3, -0.25) is 9.69 Å². The molecule has 0 aliphatic heterocycles. The third kappa shape index (κ3) is 4.52. The van der Waals surface area contributed by atoms with Crippen LogP contribution in [-0.4, -0.2) is 30.6 Å². The third-order valence-corrected chi connectivity index (χ3v) is 5.58. The SMILES string of the molecule is C=CCN(C(=O)COc1ccc(C#N)cc1OCC)c1nc2c(s1)CCCC2. The second-order valence-corrected chi connectivity index (χ2v) is 7.42. The van der Waals surface area contributed by atoms with Gasteiger partial charge in [0.15, 0.2) is 23.2 Å². The van der Waals surface area contributed by atoms with Crippen molar-refractivity contribution in [3.05, 3.63) is 47.0 Å². The fraction of sp³-hybridized carbons (Fsp3) is 0.381. The zero-order chi connectivity index (χ0) is 19.9. The molecule has 2 aromatic rings. The summed E-state index contributed by atoms with van der Waals surface area (Å²) in [6, 6.07) is 6.97. The predicted octanol–water partition coefficient (Wildman–Crippen LogP) is 3.89. The lowest BCUT2D eigenvalue weighted by Crippen LogP contribution is -2.35. The minimum atomic E-state index is -0.196. The molecule has 1 aromatic carbocycles. The van der Waals surface area contributed by atoms with Crippen molar-refractivity contribution in [1.29, 1.82) is 5.26 Å². The monoisotopic (exact) mass is 397 g/mol. The number of thiazole rings is 1. The normalized spacial score (nSPS) is 12.6. The van der Waals surface area contributed by atoms with Crippen molar-refractivity contribution in [2.75, 3.05) is 24.7 Å². The average Bonchev–Trinajstić information content (AvgIpc) is 3.14. The Morgan fingerprint density at radius 3 is 2.89 bits per heavy atom. The van der Waals surface area contributed by atoms with Crippen LogP contribution in [0.5, 0.6) is 11.5 Å². The van der Waals surface area contributed by atoms with Crippen molar-refractivity contribution in [3.8, 4) is 17.6 Å². The number of hydrogen-bond donors (Lipinski definition) is 0. The van der Waals surface area contributed by atoms with Crippen LogP contribution in [0.2, 0.25) is 0 Å². The summed E-state index contributed by atoms with van der Waals surface area (Å²) < 4.78 is 11.3. The standard InChI is InChI=1S/C21H23N3O3S/c1-3-11-24(21-23-16-7-5-6-8-19(16)28-21)20(25)14-27-17-10-9-15(13-22)12-18(17)26-4-2/h3,9-10,12H,1,4-8,11,14H2,2H3. The highest BCUT2D eigenvalue weighted by molar-refractivity contribution is 7.16. The number of nitriles is 1. The largest absolute Gasteiger partial charge is 0.490 e. The molecule has 0 fully saturated rings. The Morgan fingerprint density at radius 2 is 2.18 bits per heavy atom. The van der Waals surface area contributed by atoms with Crippen LogP contribution in [0.1, 0.15) is 35.9 Å². The van der Waals surface area contributed by atoms with Gasteiger partial charge in [0.2, 0.25) is 0 Å². The van der Waals surface area contributed by atoms with E-state index in [2.05, 4.69) is 17.6 Å². The van der Waals surface area contributed by atoms with Crippen LogP contribution < -0.4 is 14.4 Å². The molecule has 1 aromatic heterocycles. The summed E-state index contributed by atoms with van der Waals surface area (Å²) in [6.45, 7) is 6.27. The van der Waals surface area contributed by atoms with E-state index in [1.54, 1.807) is 40.5 Å². The van der Waals surface area contributed by atoms with Gasteiger partial charge in [-0.15, -0.1) is 17.9 Å². The number of rotatable bonds is 8. The molecule has 146 valence electrons. The van der Waals surface area contributed by atoms with Crippen LogP contribution >= 0.6 is 11.3 Å². The third-order valence-electron chi connectivity index (χ3n) is 4.40. The molecule has 0 radical (unpaired) electrons. The Kier molecular flexibility index (Phi) is 6.66. The molecule has 0 unspecified atom stereocenters. The minimum Gasteiger partial charge on any atom is -0.490 e. The van der Waals surface area contributed by atoms with Crippen LogP contribution in [0, 0.1) is 11.3 Å². The molecular weight excluding hydrogens is 374 g/mol. The Morgan fingerprint density at radius 1 is 1.36 bits per heavy atom. The average molecular weight is 398 g/mol. The van der Waals surface area contributed by atoms with Gasteiger partial charge in [0.25, 0.3) is 5.91 Å². The highest BCUT2D eigenvalue weighted by Gasteiger charge is 2.23. The summed E-state index contributed by atoms with van der Waals surface area (Å²) >= 11 is 1.58. The molecule has 1 aliphatic carbocycles. The maximum atomic E-state index is 12.8. The number of amides is 1. The first-order valence-corrected chi connectivity index (χ1v) is 10.2. The number of ether oxygens (including phenoxy) is 2. The van der Waals surface area contributed by atoms with Gasteiger partial charge in [-0.05, 0) is 44.7 Å². The van der Waals surface area contributed by atoms with E-state index < -0.39 is 0 Å². The number of aromatic nitrogens is 1. The van der Waals surface area contributed by atoms with E-state index in [1.165, 1.54) is 11.3 Å². The van der Waals surface area contributed by atoms with E-state index >= 15 is 0 Å². The molecule has 1 heterocycles. The number of fused-ring (bicyclic) bond motifs is 1. The van der Waals surface area contributed by atoms with E-state index in [9.17, 15) is 4.79 Å². The van der Waals surface area contributed by atoms with Crippen LogP contribution in [-0.2, 0) is 17.6 Å². The number of nitrogens with zero attached hydrogens (tertiary/aromatic N) is 3. The zero-order valence-corrected chi connectivity index (χ0v) is 16.8. The van der Waals surface area contributed by atoms with Gasteiger partial charge in [-0.25, -0.2) is 4.98 Å². The quantitative estimate of drug-likeness (QED) is 0.632. The van der Waals surface area contributed by atoms with Crippen molar-refractivity contribution < 1.29 is 14.3 Å². The molecule has 28 heavy (non-hydrogen) atoms. The number of anilines is 1. The maximum absolute atomic E-state index is 12.8. The van der Waals surface area contributed by atoms with E-state index in [4.69, 9.17) is 14.7 Å². The van der Waals surface area contributed by atoms with Crippen molar-refractivity contribution in [2.24, 2.45) is 0 Å². The molecule has 7 heteroatoms. The van der Waals surface area contributed by atoms with Crippen LogP contribution in [0.3, 0.4) is 0 Å². The molecule has 0 N–H and O–H groups in total. The van der Waals surface area contributed by atoms with Crippen molar-refractivity contribution in [2.45, 2.75) is 32.6 Å². The second kappa shape index (κ2) is 9.38. The van der Waals surface area contributed by atoms with Gasteiger partial charge in [0.1, 0.15) is 0 Å². The molecule has 0 bridgehead atoms. The Labute approximate surface area is 169 Å². The van der Waals surface area contributed by atoms with Gasteiger partial charge >= 0.3 is 0 Å². The first-order valence-electron chi connectivity index (χ1n) is 9.35. The lowest BCUT2D eigenvalue weighted by atomic mass is 10.0. The Bertz CT molecular complexity index is 877. The summed E-state index contributed by atoms with van der Waals surface area (Å²) in [4.78, 5) is 20.4. The molecular formula is C21H23N3O3S. The van der Waals surface area contributed by atoms with Crippen LogP contribution in [0.15, 0.2) is 30.9 Å². The summed E-state index contributed by atoms with van der Waals surface area (Å²) in [7, 11) is 0. The molecule has 1 aliphatic rings. The number of benzene rings is 1. The lowest BCUT2D eigenvalue weighted by Gasteiger charge is -2.19.